The average molecular weight is 286 g/mol. The summed E-state index contributed by atoms with van der Waals surface area (Å²) in [5.74, 6) is 0.313. The van der Waals surface area contributed by atoms with E-state index in [2.05, 4.69) is 4.98 Å². The van der Waals surface area contributed by atoms with Crippen molar-refractivity contribution < 1.29 is 4.42 Å². The molecular formula is C16H12ClNO2. The standard InChI is InChI=1S/C16H12ClNO2/c1-9-3-4-11(7-10(9)2)15-18-14-8-12(17)5-6-13(14)16(19)20-15/h3-8H,1-2H3. The lowest BCUT2D eigenvalue weighted by molar-refractivity contribution is 0.518. The largest absolute Gasteiger partial charge is 0.403 e. The van der Waals surface area contributed by atoms with E-state index in [1.54, 1.807) is 18.2 Å². The highest BCUT2D eigenvalue weighted by Gasteiger charge is 2.09. The Labute approximate surface area is 120 Å². The summed E-state index contributed by atoms with van der Waals surface area (Å²) in [6, 6.07) is 10.8. The molecule has 0 saturated heterocycles. The van der Waals surface area contributed by atoms with E-state index < -0.39 is 5.63 Å². The third-order valence-corrected chi connectivity index (χ3v) is 3.58. The van der Waals surface area contributed by atoms with Crippen LogP contribution < -0.4 is 5.63 Å². The van der Waals surface area contributed by atoms with E-state index in [0.29, 0.717) is 21.8 Å². The van der Waals surface area contributed by atoms with Crippen molar-refractivity contribution in [2.75, 3.05) is 0 Å². The van der Waals surface area contributed by atoms with Crippen LogP contribution in [0.1, 0.15) is 11.1 Å². The number of benzene rings is 2. The molecule has 3 aromatic rings. The van der Waals surface area contributed by atoms with Crippen molar-refractivity contribution in [3.8, 4) is 11.5 Å². The molecule has 0 fully saturated rings. The van der Waals surface area contributed by atoms with Crippen molar-refractivity contribution in [1.29, 1.82) is 0 Å². The van der Waals surface area contributed by atoms with Gasteiger partial charge in [0.1, 0.15) is 0 Å². The number of aromatic nitrogens is 1. The summed E-state index contributed by atoms with van der Waals surface area (Å²) >= 11 is 5.94. The molecule has 4 heteroatoms. The molecule has 0 aliphatic rings. The molecule has 0 spiro atoms. The molecule has 0 unspecified atom stereocenters. The second-order valence-corrected chi connectivity index (χ2v) is 5.20. The van der Waals surface area contributed by atoms with Gasteiger partial charge in [-0.15, -0.1) is 0 Å². The van der Waals surface area contributed by atoms with E-state index in [9.17, 15) is 4.79 Å². The Morgan fingerprint density at radius 2 is 1.85 bits per heavy atom. The fraction of sp³-hybridized carbons (Fsp3) is 0.125. The highest BCUT2D eigenvalue weighted by atomic mass is 35.5. The first-order valence-electron chi connectivity index (χ1n) is 6.22. The fourth-order valence-electron chi connectivity index (χ4n) is 2.04. The third kappa shape index (κ3) is 2.21. The molecule has 0 atom stereocenters. The van der Waals surface area contributed by atoms with Gasteiger partial charge in [-0.05, 0) is 55.3 Å². The molecule has 100 valence electrons. The van der Waals surface area contributed by atoms with Crippen molar-refractivity contribution in [3.05, 3.63) is 63.0 Å². The predicted octanol–water partition coefficient (Wildman–Crippen LogP) is 4.13. The third-order valence-electron chi connectivity index (χ3n) is 3.34. The minimum atomic E-state index is -0.403. The zero-order valence-electron chi connectivity index (χ0n) is 11.1. The molecule has 2 aromatic carbocycles. The van der Waals surface area contributed by atoms with Crippen LogP contribution in [0.15, 0.2) is 45.6 Å². The molecule has 0 saturated carbocycles. The van der Waals surface area contributed by atoms with Crippen molar-refractivity contribution in [3.63, 3.8) is 0 Å². The van der Waals surface area contributed by atoms with Crippen molar-refractivity contribution in [2.45, 2.75) is 13.8 Å². The maximum Gasteiger partial charge on any atom is 0.347 e. The normalized spacial score (nSPS) is 10.9. The summed E-state index contributed by atoms with van der Waals surface area (Å²) in [6.07, 6.45) is 0. The summed E-state index contributed by atoms with van der Waals surface area (Å²) in [7, 11) is 0. The first kappa shape index (κ1) is 12.9. The van der Waals surface area contributed by atoms with E-state index in [4.69, 9.17) is 16.0 Å². The molecule has 1 aromatic heterocycles. The van der Waals surface area contributed by atoms with Gasteiger partial charge in [0.25, 0.3) is 0 Å². The van der Waals surface area contributed by atoms with E-state index >= 15 is 0 Å². The van der Waals surface area contributed by atoms with Crippen LogP contribution in [-0.2, 0) is 0 Å². The van der Waals surface area contributed by atoms with Crippen LogP contribution in [0.3, 0.4) is 0 Å². The molecule has 0 amide bonds. The first-order chi connectivity index (χ1) is 9.54. The van der Waals surface area contributed by atoms with Gasteiger partial charge in [-0.3, -0.25) is 0 Å². The van der Waals surface area contributed by atoms with Crippen LogP contribution in [0.25, 0.3) is 22.4 Å². The molecule has 20 heavy (non-hydrogen) atoms. The van der Waals surface area contributed by atoms with Crippen molar-refractivity contribution in [2.24, 2.45) is 0 Å². The van der Waals surface area contributed by atoms with Crippen LogP contribution in [0, 0.1) is 13.8 Å². The maximum absolute atomic E-state index is 12.0. The lowest BCUT2D eigenvalue weighted by Crippen LogP contribution is -2.03. The van der Waals surface area contributed by atoms with Gasteiger partial charge in [0.2, 0.25) is 5.89 Å². The Bertz CT molecular complexity index is 868. The van der Waals surface area contributed by atoms with Crippen LogP contribution in [0.5, 0.6) is 0 Å². The SMILES string of the molecule is Cc1ccc(-c2nc3cc(Cl)ccc3c(=O)o2)cc1C. The minimum Gasteiger partial charge on any atom is -0.403 e. The van der Waals surface area contributed by atoms with Gasteiger partial charge in [-0.1, -0.05) is 17.7 Å². The molecular weight excluding hydrogens is 274 g/mol. The van der Waals surface area contributed by atoms with Gasteiger partial charge in [-0.25, -0.2) is 9.78 Å². The van der Waals surface area contributed by atoms with E-state index in [1.165, 1.54) is 5.56 Å². The van der Waals surface area contributed by atoms with Gasteiger partial charge >= 0.3 is 5.63 Å². The van der Waals surface area contributed by atoms with Gasteiger partial charge in [0, 0.05) is 10.6 Å². The zero-order valence-corrected chi connectivity index (χ0v) is 11.9. The van der Waals surface area contributed by atoms with Gasteiger partial charge in [0.05, 0.1) is 10.9 Å². The quantitative estimate of drug-likeness (QED) is 0.675. The molecule has 0 N–H and O–H groups in total. The second-order valence-electron chi connectivity index (χ2n) is 4.77. The minimum absolute atomic E-state index is 0.313. The summed E-state index contributed by atoms with van der Waals surface area (Å²) in [5.41, 5.74) is 3.23. The maximum atomic E-state index is 12.0. The monoisotopic (exact) mass is 285 g/mol. The Balaban J connectivity index is 2.26. The molecule has 0 radical (unpaired) electrons. The number of rotatable bonds is 1. The Morgan fingerprint density at radius 3 is 2.60 bits per heavy atom. The number of halogens is 1. The highest BCUT2D eigenvalue weighted by molar-refractivity contribution is 6.31. The van der Waals surface area contributed by atoms with E-state index in [-0.39, 0.29) is 0 Å². The van der Waals surface area contributed by atoms with Crippen LogP contribution in [0.2, 0.25) is 5.02 Å². The van der Waals surface area contributed by atoms with Crippen LogP contribution in [0.4, 0.5) is 0 Å². The summed E-state index contributed by atoms with van der Waals surface area (Å²) in [6.45, 7) is 4.04. The van der Waals surface area contributed by atoms with Gasteiger partial charge in [0.15, 0.2) is 0 Å². The number of hydrogen-bond acceptors (Lipinski definition) is 3. The Kier molecular flexibility index (Phi) is 3.07. The highest BCUT2D eigenvalue weighted by Crippen LogP contribution is 2.22. The lowest BCUT2D eigenvalue weighted by Gasteiger charge is -2.05. The van der Waals surface area contributed by atoms with Crippen LogP contribution in [-0.4, -0.2) is 4.98 Å². The lowest BCUT2D eigenvalue weighted by atomic mass is 10.1. The molecule has 3 nitrogen and oxygen atoms in total. The van der Waals surface area contributed by atoms with Crippen molar-refractivity contribution >= 4 is 22.5 Å². The number of aryl methyl sites for hydroxylation is 2. The summed E-state index contributed by atoms with van der Waals surface area (Å²) in [5, 5.41) is 0.976. The number of nitrogens with zero attached hydrogens (tertiary/aromatic N) is 1. The smallest absolute Gasteiger partial charge is 0.347 e. The van der Waals surface area contributed by atoms with E-state index in [1.807, 2.05) is 32.0 Å². The predicted molar refractivity (Wildman–Crippen MR) is 80.2 cm³/mol. The molecule has 0 bridgehead atoms. The first-order valence-corrected chi connectivity index (χ1v) is 6.60. The number of fused-ring (bicyclic) bond motifs is 1. The average Bonchev–Trinajstić information content (AvgIpc) is 2.41. The molecule has 1 heterocycles. The fourth-order valence-corrected chi connectivity index (χ4v) is 2.21. The zero-order chi connectivity index (χ0) is 14.3. The van der Waals surface area contributed by atoms with E-state index in [0.717, 1.165) is 11.1 Å². The second kappa shape index (κ2) is 4.76. The molecule has 0 aliphatic heterocycles. The molecule has 0 aliphatic carbocycles. The summed E-state index contributed by atoms with van der Waals surface area (Å²) < 4.78 is 5.30. The number of hydrogen-bond donors (Lipinski definition) is 0. The topological polar surface area (TPSA) is 43.1 Å². The van der Waals surface area contributed by atoms with Gasteiger partial charge in [-0.2, -0.15) is 0 Å². The Hall–Kier alpha value is -2.13. The summed E-state index contributed by atoms with van der Waals surface area (Å²) in [4.78, 5) is 16.4. The Morgan fingerprint density at radius 1 is 1.05 bits per heavy atom. The van der Waals surface area contributed by atoms with Crippen LogP contribution >= 0.6 is 11.6 Å². The van der Waals surface area contributed by atoms with Gasteiger partial charge < -0.3 is 4.42 Å². The van der Waals surface area contributed by atoms with Crippen molar-refractivity contribution in [1.82, 2.24) is 4.98 Å². The molecule has 3 rings (SSSR count).